The number of pyridine rings is 1. The third-order valence-corrected chi connectivity index (χ3v) is 2.58. The van der Waals surface area contributed by atoms with Crippen LogP contribution in [0.2, 0.25) is 0 Å². The van der Waals surface area contributed by atoms with Crippen molar-refractivity contribution in [1.29, 1.82) is 0 Å². The lowest BCUT2D eigenvalue weighted by Crippen LogP contribution is -2.07. The van der Waals surface area contributed by atoms with Crippen LogP contribution in [-0.2, 0) is 0 Å². The van der Waals surface area contributed by atoms with Gasteiger partial charge in [-0.2, -0.15) is 0 Å². The van der Waals surface area contributed by atoms with Crippen molar-refractivity contribution in [3.63, 3.8) is 0 Å². The highest BCUT2D eigenvalue weighted by Crippen LogP contribution is 2.14. The van der Waals surface area contributed by atoms with Gasteiger partial charge in [0.25, 0.3) is 0 Å². The quantitative estimate of drug-likeness (QED) is 0.795. The van der Waals surface area contributed by atoms with Crippen molar-refractivity contribution in [2.24, 2.45) is 0 Å². The normalized spacial score (nSPS) is 10.7. The topological polar surface area (TPSA) is 16.1 Å². The van der Waals surface area contributed by atoms with Crippen LogP contribution in [0, 0.1) is 0 Å². The molecule has 0 N–H and O–H groups in total. The molecule has 0 spiro atoms. The van der Waals surface area contributed by atoms with E-state index in [9.17, 15) is 0 Å². The van der Waals surface area contributed by atoms with Gasteiger partial charge in [-0.15, -0.1) is 0 Å². The van der Waals surface area contributed by atoms with Crippen LogP contribution in [0.25, 0.3) is 12.2 Å². The molecule has 2 rings (SSSR count). The van der Waals surface area contributed by atoms with Crippen LogP contribution in [0.1, 0.15) is 11.1 Å². The van der Waals surface area contributed by atoms with E-state index in [2.05, 4.69) is 46.3 Å². The predicted molar refractivity (Wildman–Crippen MR) is 73.9 cm³/mol. The van der Waals surface area contributed by atoms with Crippen LogP contribution in [-0.4, -0.2) is 19.1 Å². The lowest BCUT2D eigenvalue weighted by atomic mass is 10.1. The zero-order valence-electron chi connectivity index (χ0n) is 10.2. The molecule has 2 heteroatoms. The largest absolute Gasteiger partial charge is 0.378 e. The second kappa shape index (κ2) is 5.30. The molecule has 0 radical (unpaired) electrons. The summed E-state index contributed by atoms with van der Waals surface area (Å²) in [5.41, 5.74) is 3.58. The molecule has 1 aromatic carbocycles. The molecule has 0 fully saturated rings. The summed E-state index contributed by atoms with van der Waals surface area (Å²) in [6, 6.07) is 12.5. The Morgan fingerprint density at radius 3 is 1.88 bits per heavy atom. The second-order valence-electron chi connectivity index (χ2n) is 4.10. The average molecular weight is 224 g/mol. The van der Waals surface area contributed by atoms with Crippen LogP contribution in [0.5, 0.6) is 0 Å². The van der Waals surface area contributed by atoms with E-state index < -0.39 is 0 Å². The fourth-order valence-electron chi connectivity index (χ4n) is 1.55. The summed E-state index contributed by atoms with van der Waals surface area (Å²) in [4.78, 5) is 6.09. The lowest BCUT2D eigenvalue weighted by Gasteiger charge is -2.11. The Hall–Kier alpha value is -2.09. The molecule has 2 nitrogen and oxygen atoms in total. The van der Waals surface area contributed by atoms with Gasteiger partial charge in [0.15, 0.2) is 0 Å². The van der Waals surface area contributed by atoms with Crippen LogP contribution < -0.4 is 4.90 Å². The summed E-state index contributed by atoms with van der Waals surface area (Å²) < 4.78 is 0. The third-order valence-electron chi connectivity index (χ3n) is 2.58. The van der Waals surface area contributed by atoms with Gasteiger partial charge < -0.3 is 4.90 Å². The van der Waals surface area contributed by atoms with Crippen molar-refractivity contribution < 1.29 is 0 Å². The Labute approximate surface area is 102 Å². The molecular weight excluding hydrogens is 208 g/mol. The number of rotatable bonds is 3. The van der Waals surface area contributed by atoms with Crippen LogP contribution in [0.15, 0.2) is 48.8 Å². The Morgan fingerprint density at radius 1 is 0.824 bits per heavy atom. The molecule has 0 bridgehead atoms. The number of aromatic nitrogens is 1. The summed E-state index contributed by atoms with van der Waals surface area (Å²) >= 11 is 0. The maximum Gasteiger partial charge on any atom is 0.0361 e. The van der Waals surface area contributed by atoms with Gasteiger partial charge in [0.05, 0.1) is 0 Å². The highest BCUT2D eigenvalue weighted by Gasteiger charge is 1.93. The molecule has 17 heavy (non-hydrogen) atoms. The summed E-state index contributed by atoms with van der Waals surface area (Å²) in [6.45, 7) is 0. The smallest absolute Gasteiger partial charge is 0.0361 e. The number of hydrogen-bond acceptors (Lipinski definition) is 2. The maximum absolute atomic E-state index is 3.99. The summed E-state index contributed by atoms with van der Waals surface area (Å²) in [5, 5.41) is 0. The fourth-order valence-corrected chi connectivity index (χ4v) is 1.55. The molecule has 0 unspecified atom stereocenters. The van der Waals surface area contributed by atoms with Crippen LogP contribution in [0.3, 0.4) is 0 Å². The van der Waals surface area contributed by atoms with Crippen molar-refractivity contribution in [2.45, 2.75) is 0 Å². The van der Waals surface area contributed by atoms with Crippen molar-refractivity contribution >= 4 is 17.8 Å². The first kappa shape index (κ1) is 11.4. The van der Waals surface area contributed by atoms with Gasteiger partial charge in [-0.3, -0.25) is 4.98 Å². The number of benzene rings is 1. The molecule has 1 heterocycles. The first-order chi connectivity index (χ1) is 8.25. The highest BCUT2D eigenvalue weighted by atomic mass is 15.1. The van der Waals surface area contributed by atoms with Gasteiger partial charge >= 0.3 is 0 Å². The van der Waals surface area contributed by atoms with Gasteiger partial charge in [-0.05, 0) is 35.4 Å². The molecule has 1 aromatic heterocycles. The Balaban J connectivity index is 2.12. The fraction of sp³-hybridized carbons (Fsp3) is 0.133. The van der Waals surface area contributed by atoms with Gasteiger partial charge in [0.1, 0.15) is 0 Å². The summed E-state index contributed by atoms with van der Waals surface area (Å²) in [6.07, 6.45) is 7.80. The lowest BCUT2D eigenvalue weighted by molar-refractivity contribution is 1.13. The van der Waals surface area contributed by atoms with Crippen molar-refractivity contribution in [3.05, 3.63) is 59.9 Å². The van der Waals surface area contributed by atoms with Gasteiger partial charge in [-0.1, -0.05) is 24.3 Å². The van der Waals surface area contributed by atoms with E-state index in [0.29, 0.717) is 0 Å². The van der Waals surface area contributed by atoms with Crippen molar-refractivity contribution in [2.75, 3.05) is 19.0 Å². The minimum Gasteiger partial charge on any atom is -0.378 e. The van der Waals surface area contributed by atoms with E-state index >= 15 is 0 Å². The molecule has 0 saturated heterocycles. The molecule has 2 aromatic rings. The summed E-state index contributed by atoms with van der Waals surface area (Å²) in [5.74, 6) is 0. The molecule has 0 atom stereocenters. The molecular formula is C15H16N2. The van der Waals surface area contributed by atoms with Crippen molar-refractivity contribution in [3.8, 4) is 0 Å². The van der Waals surface area contributed by atoms with E-state index in [4.69, 9.17) is 0 Å². The second-order valence-corrected chi connectivity index (χ2v) is 4.10. The monoisotopic (exact) mass is 224 g/mol. The molecule has 86 valence electrons. The SMILES string of the molecule is CN(C)c1ccc(C=Cc2ccncc2)cc1. The minimum absolute atomic E-state index is 1.16. The standard InChI is InChI=1S/C15H16N2/c1-17(2)15-7-5-13(6-8-15)3-4-14-9-11-16-12-10-14/h3-12H,1-2H3. The Bertz CT molecular complexity index is 484. The molecule has 0 aliphatic heterocycles. The van der Waals surface area contributed by atoms with E-state index in [-0.39, 0.29) is 0 Å². The van der Waals surface area contributed by atoms with E-state index in [1.165, 1.54) is 11.3 Å². The zero-order chi connectivity index (χ0) is 12.1. The Morgan fingerprint density at radius 2 is 1.35 bits per heavy atom. The maximum atomic E-state index is 3.99. The van der Waals surface area contributed by atoms with E-state index in [1.54, 1.807) is 12.4 Å². The molecule has 0 amide bonds. The minimum atomic E-state index is 1.16. The first-order valence-corrected chi connectivity index (χ1v) is 5.61. The van der Waals surface area contributed by atoms with Crippen LogP contribution >= 0.6 is 0 Å². The predicted octanol–water partition coefficient (Wildman–Crippen LogP) is 3.32. The van der Waals surface area contributed by atoms with Crippen molar-refractivity contribution in [1.82, 2.24) is 4.98 Å². The zero-order valence-corrected chi connectivity index (χ0v) is 10.2. The van der Waals surface area contributed by atoms with Gasteiger partial charge in [-0.25, -0.2) is 0 Å². The third kappa shape index (κ3) is 3.18. The molecule has 0 saturated carbocycles. The number of nitrogens with zero attached hydrogens (tertiary/aromatic N) is 2. The average Bonchev–Trinajstić information content (AvgIpc) is 2.38. The Kier molecular flexibility index (Phi) is 3.55. The number of anilines is 1. The first-order valence-electron chi connectivity index (χ1n) is 5.61. The molecule has 0 aliphatic carbocycles. The number of hydrogen-bond donors (Lipinski definition) is 0. The molecule has 0 aliphatic rings. The van der Waals surface area contributed by atoms with E-state index in [0.717, 1.165) is 5.56 Å². The van der Waals surface area contributed by atoms with E-state index in [1.807, 2.05) is 26.2 Å². The van der Waals surface area contributed by atoms with Crippen LogP contribution in [0.4, 0.5) is 5.69 Å². The van der Waals surface area contributed by atoms with Gasteiger partial charge in [0.2, 0.25) is 0 Å². The summed E-state index contributed by atoms with van der Waals surface area (Å²) in [7, 11) is 4.09. The highest BCUT2D eigenvalue weighted by molar-refractivity contribution is 5.70. The van der Waals surface area contributed by atoms with Gasteiger partial charge in [0, 0.05) is 32.2 Å².